The SMILES string of the molecule is CC(=O)O[C@@H]([C@@H](NCC(=O)OC(C)(C)C)[C@@H](C)O)[C@H](C=O)OC(C)=O. The van der Waals surface area contributed by atoms with Crippen LogP contribution in [-0.4, -0.2) is 65.8 Å². The molecule has 0 saturated carbocycles. The number of aldehydes is 1. The third-order valence-corrected chi connectivity index (χ3v) is 2.84. The van der Waals surface area contributed by atoms with E-state index in [1.165, 1.54) is 6.92 Å². The molecular formula is C16H27NO8. The summed E-state index contributed by atoms with van der Waals surface area (Å²) in [6.45, 7) is 8.35. The molecule has 0 radical (unpaired) electrons. The molecule has 0 aromatic heterocycles. The highest BCUT2D eigenvalue weighted by Gasteiger charge is 2.37. The number of carbonyl (C=O) groups is 4. The molecule has 9 heteroatoms. The highest BCUT2D eigenvalue weighted by molar-refractivity contribution is 5.73. The molecule has 0 aliphatic heterocycles. The molecule has 144 valence electrons. The Morgan fingerprint density at radius 1 is 1.12 bits per heavy atom. The van der Waals surface area contributed by atoms with Gasteiger partial charge < -0.3 is 19.3 Å². The molecule has 0 unspecified atom stereocenters. The van der Waals surface area contributed by atoms with Crippen LogP contribution in [0.4, 0.5) is 0 Å². The zero-order valence-electron chi connectivity index (χ0n) is 15.4. The van der Waals surface area contributed by atoms with Gasteiger partial charge in [-0.3, -0.25) is 24.5 Å². The molecule has 0 amide bonds. The molecule has 0 heterocycles. The molecule has 25 heavy (non-hydrogen) atoms. The number of carbonyl (C=O) groups excluding carboxylic acids is 4. The van der Waals surface area contributed by atoms with Crippen LogP contribution in [0.3, 0.4) is 0 Å². The second-order valence-electron chi connectivity index (χ2n) is 6.52. The lowest BCUT2D eigenvalue weighted by molar-refractivity contribution is -0.171. The van der Waals surface area contributed by atoms with E-state index in [-0.39, 0.29) is 6.54 Å². The van der Waals surface area contributed by atoms with E-state index in [4.69, 9.17) is 14.2 Å². The number of esters is 3. The van der Waals surface area contributed by atoms with E-state index in [1.807, 2.05) is 0 Å². The van der Waals surface area contributed by atoms with E-state index in [2.05, 4.69) is 5.32 Å². The van der Waals surface area contributed by atoms with Crippen LogP contribution in [0.5, 0.6) is 0 Å². The first-order valence-corrected chi connectivity index (χ1v) is 7.80. The quantitative estimate of drug-likeness (QED) is 0.324. The topological polar surface area (TPSA) is 128 Å². The van der Waals surface area contributed by atoms with Crippen LogP contribution in [0.25, 0.3) is 0 Å². The molecule has 2 N–H and O–H groups in total. The second kappa shape index (κ2) is 10.1. The van der Waals surface area contributed by atoms with Gasteiger partial charge in [0.1, 0.15) is 5.60 Å². The van der Waals surface area contributed by atoms with Crippen molar-refractivity contribution in [2.75, 3.05) is 6.54 Å². The van der Waals surface area contributed by atoms with E-state index in [9.17, 15) is 24.3 Å². The van der Waals surface area contributed by atoms with Crippen molar-refractivity contribution in [3.05, 3.63) is 0 Å². The summed E-state index contributed by atoms with van der Waals surface area (Å²) in [5, 5.41) is 12.6. The van der Waals surface area contributed by atoms with Crippen molar-refractivity contribution in [3.63, 3.8) is 0 Å². The van der Waals surface area contributed by atoms with Crippen LogP contribution in [0.1, 0.15) is 41.5 Å². The molecule has 0 aliphatic rings. The number of hydrogen-bond acceptors (Lipinski definition) is 9. The standard InChI is InChI=1S/C16H27NO8/c1-9(19)14(17-7-13(22)25-16(4,5)6)15(24-11(3)21)12(8-18)23-10(2)20/h8-9,12,14-15,17,19H,7H2,1-6H3/t9-,12+,14+,15-/m1/s1. The van der Waals surface area contributed by atoms with Crippen molar-refractivity contribution in [2.24, 2.45) is 0 Å². The summed E-state index contributed by atoms with van der Waals surface area (Å²) < 4.78 is 15.0. The minimum atomic E-state index is -1.44. The molecule has 0 aliphatic carbocycles. The maximum atomic E-state index is 11.8. The molecule has 0 fully saturated rings. The lowest BCUT2D eigenvalue weighted by Gasteiger charge is -2.32. The molecule has 0 bridgehead atoms. The summed E-state index contributed by atoms with van der Waals surface area (Å²) in [4.78, 5) is 45.5. The predicted octanol–water partition coefficient (Wildman–Crippen LogP) is -0.271. The molecule has 4 atom stereocenters. The van der Waals surface area contributed by atoms with Crippen molar-refractivity contribution in [1.29, 1.82) is 0 Å². The lowest BCUT2D eigenvalue weighted by Crippen LogP contribution is -2.56. The fraction of sp³-hybridized carbons (Fsp3) is 0.750. The van der Waals surface area contributed by atoms with Crippen molar-refractivity contribution in [2.45, 2.75) is 71.5 Å². The van der Waals surface area contributed by atoms with Crippen LogP contribution in [-0.2, 0) is 33.4 Å². The van der Waals surface area contributed by atoms with E-state index in [0.29, 0.717) is 6.29 Å². The summed E-state index contributed by atoms with van der Waals surface area (Å²) in [5.74, 6) is -2.10. The molecule has 0 rings (SSSR count). The van der Waals surface area contributed by atoms with Crippen LogP contribution in [0, 0.1) is 0 Å². The number of rotatable bonds is 9. The second-order valence-corrected chi connectivity index (χ2v) is 6.52. The minimum Gasteiger partial charge on any atom is -0.459 e. The Labute approximate surface area is 147 Å². The average Bonchev–Trinajstić information content (AvgIpc) is 2.40. The zero-order valence-corrected chi connectivity index (χ0v) is 15.4. The first kappa shape index (κ1) is 23.0. The fourth-order valence-corrected chi connectivity index (χ4v) is 2.04. The number of aliphatic hydroxyl groups is 1. The third kappa shape index (κ3) is 9.78. The Hall–Kier alpha value is -2.00. The van der Waals surface area contributed by atoms with Gasteiger partial charge in [-0.05, 0) is 27.7 Å². The summed E-state index contributed by atoms with van der Waals surface area (Å²) >= 11 is 0. The molecule has 0 spiro atoms. The molecule has 9 nitrogen and oxygen atoms in total. The van der Waals surface area contributed by atoms with Gasteiger partial charge in [0.15, 0.2) is 18.5 Å². The van der Waals surface area contributed by atoms with E-state index >= 15 is 0 Å². The highest BCUT2D eigenvalue weighted by Crippen LogP contribution is 2.13. The first-order valence-electron chi connectivity index (χ1n) is 7.80. The van der Waals surface area contributed by atoms with Crippen molar-refractivity contribution in [3.8, 4) is 0 Å². The number of hydrogen-bond donors (Lipinski definition) is 2. The first-order chi connectivity index (χ1) is 11.4. The highest BCUT2D eigenvalue weighted by atomic mass is 16.6. The Kier molecular flexibility index (Phi) is 9.29. The van der Waals surface area contributed by atoms with Gasteiger partial charge in [0.05, 0.1) is 18.7 Å². The predicted molar refractivity (Wildman–Crippen MR) is 86.5 cm³/mol. The lowest BCUT2D eigenvalue weighted by atomic mass is 10.0. The summed E-state index contributed by atoms with van der Waals surface area (Å²) in [7, 11) is 0. The van der Waals surface area contributed by atoms with Gasteiger partial charge in [-0.25, -0.2) is 0 Å². The van der Waals surface area contributed by atoms with Gasteiger partial charge in [-0.2, -0.15) is 0 Å². The molecular weight excluding hydrogens is 334 g/mol. The molecule has 0 aromatic carbocycles. The summed E-state index contributed by atoms with van der Waals surface area (Å²) in [6.07, 6.45) is -3.60. The van der Waals surface area contributed by atoms with Gasteiger partial charge in [0.25, 0.3) is 0 Å². The minimum absolute atomic E-state index is 0.291. The normalized spacial score (nSPS) is 16.1. The van der Waals surface area contributed by atoms with Gasteiger partial charge in [-0.15, -0.1) is 0 Å². The van der Waals surface area contributed by atoms with Crippen molar-refractivity contribution in [1.82, 2.24) is 5.32 Å². The van der Waals surface area contributed by atoms with Gasteiger partial charge >= 0.3 is 17.9 Å². The van der Waals surface area contributed by atoms with Crippen molar-refractivity contribution >= 4 is 24.2 Å². The number of nitrogens with one attached hydrogen (secondary N) is 1. The Morgan fingerprint density at radius 3 is 2.00 bits per heavy atom. The molecule has 0 saturated heterocycles. The largest absolute Gasteiger partial charge is 0.459 e. The van der Waals surface area contributed by atoms with Gasteiger partial charge in [0, 0.05) is 13.8 Å². The Bertz CT molecular complexity index is 483. The van der Waals surface area contributed by atoms with E-state index in [0.717, 1.165) is 13.8 Å². The van der Waals surface area contributed by atoms with E-state index in [1.54, 1.807) is 20.8 Å². The number of ether oxygens (including phenoxy) is 3. The summed E-state index contributed by atoms with van der Waals surface area (Å²) in [6, 6.07) is -1.05. The van der Waals surface area contributed by atoms with Crippen molar-refractivity contribution < 1.29 is 38.5 Å². The van der Waals surface area contributed by atoms with Crippen LogP contribution >= 0.6 is 0 Å². The summed E-state index contributed by atoms with van der Waals surface area (Å²) in [5.41, 5.74) is -0.697. The van der Waals surface area contributed by atoms with Crippen LogP contribution < -0.4 is 5.32 Å². The third-order valence-electron chi connectivity index (χ3n) is 2.84. The van der Waals surface area contributed by atoms with E-state index < -0.39 is 47.9 Å². The zero-order chi connectivity index (χ0) is 19.8. The maximum absolute atomic E-state index is 11.8. The molecule has 0 aromatic rings. The maximum Gasteiger partial charge on any atom is 0.320 e. The average molecular weight is 361 g/mol. The smallest absolute Gasteiger partial charge is 0.320 e. The van der Waals surface area contributed by atoms with Gasteiger partial charge in [-0.1, -0.05) is 0 Å². The van der Waals surface area contributed by atoms with Crippen LogP contribution in [0.2, 0.25) is 0 Å². The monoisotopic (exact) mass is 361 g/mol. The van der Waals surface area contributed by atoms with Crippen LogP contribution in [0.15, 0.2) is 0 Å². The Balaban J connectivity index is 5.27. The fourth-order valence-electron chi connectivity index (χ4n) is 2.04. The Morgan fingerprint density at radius 2 is 1.64 bits per heavy atom. The number of aliphatic hydroxyl groups excluding tert-OH is 1. The van der Waals surface area contributed by atoms with Gasteiger partial charge in [0.2, 0.25) is 0 Å².